The first kappa shape index (κ1) is 15.3. The quantitative estimate of drug-likeness (QED) is 0.760. The Morgan fingerprint density at radius 1 is 1.00 bits per heavy atom. The highest BCUT2D eigenvalue weighted by Gasteiger charge is 2.32. The van der Waals surface area contributed by atoms with Gasteiger partial charge in [-0.3, -0.25) is 0 Å². The van der Waals surface area contributed by atoms with Gasteiger partial charge in [-0.2, -0.15) is 0 Å². The van der Waals surface area contributed by atoms with Gasteiger partial charge in [-0.25, -0.2) is 0 Å². The Morgan fingerprint density at radius 2 is 1.74 bits per heavy atom. The van der Waals surface area contributed by atoms with Crippen molar-refractivity contribution in [2.75, 3.05) is 26.2 Å². The molecule has 2 heteroatoms. The van der Waals surface area contributed by atoms with Crippen molar-refractivity contribution in [3.8, 4) is 0 Å². The van der Waals surface area contributed by atoms with Crippen molar-refractivity contribution in [1.82, 2.24) is 10.2 Å². The van der Waals surface area contributed by atoms with Gasteiger partial charge in [0.15, 0.2) is 0 Å². The minimum Gasteiger partial charge on any atom is -0.312 e. The third kappa shape index (κ3) is 5.83. The van der Waals surface area contributed by atoms with Crippen molar-refractivity contribution in [2.24, 2.45) is 23.7 Å². The number of piperidine rings is 1. The van der Waals surface area contributed by atoms with E-state index in [0.717, 1.165) is 29.7 Å². The Kier molecular flexibility index (Phi) is 5.70. The summed E-state index contributed by atoms with van der Waals surface area (Å²) < 4.78 is 0. The van der Waals surface area contributed by atoms with Crippen LogP contribution in [0.15, 0.2) is 0 Å². The van der Waals surface area contributed by atoms with Gasteiger partial charge >= 0.3 is 0 Å². The highest BCUT2D eigenvalue weighted by Crippen LogP contribution is 2.37. The van der Waals surface area contributed by atoms with E-state index in [9.17, 15) is 0 Å². The standard InChI is InChI=1S/C17H34N2/c1-13(2)9-18-17-8-16(7-15-5-6-15)11-19(12-17)10-14(3)4/h13-18H,5-12H2,1-4H3. The van der Waals surface area contributed by atoms with Gasteiger partial charge in [-0.1, -0.05) is 40.5 Å². The van der Waals surface area contributed by atoms with Crippen molar-refractivity contribution in [3.63, 3.8) is 0 Å². The number of likely N-dealkylation sites (tertiary alicyclic amines) is 1. The maximum Gasteiger partial charge on any atom is 0.0198 e. The number of nitrogens with one attached hydrogen (secondary N) is 1. The Bertz CT molecular complexity index is 246. The molecule has 1 heterocycles. The summed E-state index contributed by atoms with van der Waals surface area (Å²) in [4.78, 5) is 2.72. The fraction of sp³-hybridized carbons (Fsp3) is 1.00. The number of hydrogen-bond donors (Lipinski definition) is 1. The summed E-state index contributed by atoms with van der Waals surface area (Å²) in [5.41, 5.74) is 0. The van der Waals surface area contributed by atoms with Crippen LogP contribution >= 0.6 is 0 Å². The van der Waals surface area contributed by atoms with Gasteiger partial charge in [-0.05, 0) is 43.1 Å². The molecule has 0 aromatic heterocycles. The van der Waals surface area contributed by atoms with Gasteiger partial charge in [0.1, 0.15) is 0 Å². The molecule has 0 radical (unpaired) electrons. The molecule has 2 nitrogen and oxygen atoms in total. The van der Waals surface area contributed by atoms with E-state index in [1.807, 2.05) is 0 Å². The van der Waals surface area contributed by atoms with Crippen LogP contribution in [-0.4, -0.2) is 37.1 Å². The molecule has 0 bridgehead atoms. The predicted octanol–water partition coefficient (Wildman–Crippen LogP) is 3.38. The third-order valence-electron chi connectivity index (χ3n) is 4.41. The molecule has 1 aliphatic carbocycles. The number of hydrogen-bond acceptors (Lipinski definition) is 2. The predicted molar refractivity (Wildman–Crippen MR) is 83.4 cm³/mol. The molecule has 2 fully saturated rings. The molecule has 112 valence electrons. The topological polar surface area (TPSA) is 15.3 Å². The molecular weight excluding hydrogens is 232 g/mol. The van der Waals surface area contributed by atoms with Gasteiger partial charge < -0.3 is 10.2 Å². The van der Waals surface area contributed by atoms with E-state index in [-0.39, 0.29) is 0 Å². The van der Waals surface area contributed by atoms with Crippen LogP contribution in [0.4, 0.5) is 0 Å². The second-order valence-electron chi connectivity index (χ2n) is 7.89. The van der Waals surface area contributed by atoms with E-state index >= 15 is 0 Å². The van der Waals surface area contributed by atoms with Crippen LogP contribution in [0.1, 0.15) is 53.4 Å². The first-order chi connectivity index (χ1) is 9.02. The van der Waals surface area contributed by atoms with Crippen LogP contribution in [-0.2, 0) is 0 Å². The van der Waals surface area contributed by atoms with E-state index in [1.165, 1.54) is 51.9 Å². The first-order valence-corrected chi connectivity index (χ1v) is 8.48. The molecule has 1 N–H and O–H groups in total. The molecule has 2 aliphatic rings. The number of nitrogens with zero attached hydrogens (tertiary/aromatic N) is 1. The normalized spacial score (nSPS) is 29.4. The molecule has 0 aromatic carbocycles. The summed E-state index contributed by atoms with van der Waals surface area (Å²) in [6.07, 6.45) is 5.92. The van der Waals surface area contributed by atoms with Crippen molar-refractivity contribution in [2.45, 2.75) is 59.4 Å². The monoisotopic (exact) mass is 266 g/mol. The summed E-state index contributed by atoms with van der Waals surface area (Å²) in [7, 11) is 0. The van der Waals surface area contributed by atoms with Crippen molar-refractivity contribution in [1.29, 1.82) is 0 Å². The zero-order valence-electron chi connectivity index (χ0n) is 13.5. The molecule has 0 aromatic rings. The number of rotatable bonds is 7. The van der Waals surface area contributed by atoms with Crippen LogP contribution in [0.3, 0.4) is 0 Å². The van der Waals surface area contributed by atoms with Crippen LogP contribution in [0.2, 0.25) is 0 Å². The third-order valence-corrected chi connectivity index (χ3v) is 4.41. The van der Waals surface area contributed by atoms with Crippen LogP contribution < -0.4 is 5.32 Å². The van der Waals surface area contributed by atoms with Gasteiger partial charge in [0.2, 0.25) is 0 Å². The average molecular weight is 266 g/mol. The molecular formula is C17H34N2. The van der Waals surface area contributed by atoms with Crippen molar-refractivity contribution in [3.05, 3.63) is 0 Å². The summed E-state index contributed by atoms with van der Waals surface area (Å²) in [6, 6.07) is 0.735. The average Bonchev–Trinajstić information content (AvgIpc) is 3.09. The molecule has 0 spiro atoms. The lowest BCUT2D eigenvalue weighted by atomic mass is 9.89. The lowest BCUT2D eigenvalue weighted by Gasteiger charge is -2.39. The zero-order chi connectivity index (χ0) is 13.8. The fourth-order valence-electron chi connectivity index (χ4n) is 3.51. The molecule has 1 aliphatic heterocycles. The molecule has 19 heavy (non-hydrogen) atoms. The zero-order valence-corrected chi connectivity index (χ0v) is 13.5. The van der Waals surface area contributed by atoms with E-state index in [4.69, 9.17) is 0 Å². The Morgan fingerprint density at radius 3 is 2.32 bits per heavy atom. The lowest BCUT2D eigenvalue weighted by Crippen LogP contribution is -2.50. The van der Waals surface area contributed by atoms with E-state index in [2.05, 4.69) is 37.9 Å². The molecule has 1 saturated heterocycles. The van der Waals surface area contributed by atoms with Crippen LogP contribution in [0, 0.1) is 23.7 Å². The smallest absolute Gasteiger partial charge is 0.0198 e. The molecule has 0 amide bonds. The van der Waals surface area contributed by atoms with Gasteiger partial charge in [-0.15, -0.1) is 0 Å². The summed E-state index contributed by atoms with van der Waals surface area (Å²) in [6.45, 7) is 14.4. The first-order valence-electron chi connectivity index (χ1n) is 8.48. The molecule has 1 saturated carbocycles. The summed E-state index contributed by atoms with van der Waals surface area (Å²) >= 11 is 0. The second-order valence-corrected chi connectivity index (χ2v) is 7.89. The SMILES string of the molecule is CC(C)CNC1CC(CC2CC2)CN(CC(C)C)C1. The van der Waals surface area contributed by atoms with Crippen LogP contribution in [0.5, 0.6) is 0 Å². The minimum absolute atomic E-state index is 0.735. The highest BCUT2D eigenvalue weighted by atomic mass is 15.2. The fourth-order valence-corrected chi connectivity index (χ4v) is 3.51. The Hall–Kier alpha value is -0.0800. The van der Waals surface area contributed by atoms with Crippen molar-refractivity contribution < 1.29 is 0 Å². The lowest BCUT2D eigenvalue weighted by molar-refractivity contribution is 0.119. The molecule has 2 rings (SSSR count). The largest absolute Gasteiger partial charge is 0.312 e. The Balaban J connectivity index is 1.82. The minimum atomic E-state index is 0.735. The van der Waals surface area contributed by atoms with Crippen LogP contribution in [0.25, 0.3) is 0 Å². The maximum absolute atomic E-state index is 3.81. The molecule has 2 unspecified atom stereocenters. The van der Waals surface area contributed by atoms with E-state index < -0.39 is 0 Å². The van der Waals surface area contributed by atoms with Crippen molar-refractivity contribution >= 4 is 0 Å². The second kappa shape index (κ2) is 7.08. The van der Waals surface area contributed by atoms with E-state index in [1.54, 1.807) is 0 Å². The Labute approximate surface area is 120 Å². The van der Waals surface area contributed by atoms with Gasteiger partial charge in [0.05, 0.1) is 0 Å². The van der Waals surface area contributed by atoms with E-state index in [0.29, 0.717) is 0 Å². The summed E-state index contributed by atoms with van der Waals surface area (Å²) in [5, 5.41) is 3.81. The van der Waals surface area contributed by atoms with Gasteiger partial charge in [0.25, 0.3) is 0 Å². The van der Waals surface area contributed by atoms with Gasteiger partial charge in [0, 0.05) is 25.7 Å². The molecule has 2 atom stereocenters. The maximum atomic E-state index is 3.81. The summed E-state index contributed by atoms with van der Waals surface area (Å²) in [5.74, 6) is 3.59. The highest BCUT2D eigenvalue weighted by molar-refractivity contribution is 4.87.